The lowest BCUT2D eigenvalue weighted by molar-refractivity contribution is 0.293. The van der Waals surface area contributed by atoms with Crippen molar-refractivity contribution in [3.8, 4) is 0 Å². The van der Waals surface area contributed by atoms with Crippen LogP contribution in [0.5, 0.6) is 0 Å². The zero-order valence-corrected chi connectivity index (χ0v) is 13.6. The van der Waals surface area contributed by atoms with Crippen molar-refractivity contribution >= 4 is 12.3 Å². The van der Waals surface area contributed by atoms with Crippen LogP contribution in [0.1, 0.15) is 48.5 Å². The van der Waals surface area contributed by atoms with E-state index in [0.29, 0.717) is 0 Å². The SMILES string of the molecule is C=C1C=c2ccccc2=CN1C(C)(C)C.CC.CC. The number of allylic oxidation sites excluding steroid dienone is 1. The molecule has 1 aliphatic rings. The van der Waals surface area contributed by atoms with Gasteiger partial charge in [-0.1, -0.05) is 58.5 Å². The Hall–Kier alpha value is -1.50. The van der Waals surface area contributed by atoms with Crippen molar-refractivity contribution in [3.63, 3.8) is 0 Å². The van der Waals surface area contributed by atoms with Crippen LogP contribution in [0.3, 0.4) is 0 Å². The molecule has 0 N–H and O–H groups in total. The second-order valence-corrected chi connectivity index (χ2v) is 4.93. The first kappa shape index (κ1) is 17.5. The summed E-state index contributed by atoms with van der Waals surface area (Å²) in [5.41, 5.74) is 1.14. The molecule has 0 saturated carbocycles. The Labute approximate surface area is 119 Å². The smallest absolute Gasteiger partial charge is 0.0361 e. The van der Waals surface area contributed by atoms with Gasteiger partial charge in [0.05, 0.1) is 0 Å². The molecule has 2 rings (SSSR count). The predicted molar refractivity (Wildman–Crippen MR) is 88.1 cm³/mol. The van der Waals surface area contributed by atoms with Crippen LogP contribution in [0.15, 0.2) is 36.5 Å². The normalized spacial score (nSPS) is 12.8. The quantitative estimate of drug-likeness (QED) is 0.683. The van der Waals surface area contributed by atoms with Gasteiger partial charge in [0.15, 0.2) is 0 Å². The van der Waals surface area contributed by atoms with Crippen molar-refractivity contribution in [3.05, 3.63) is 47.0 Å². The minimum absolute atomic E-state index is 0.0844. The van der Waals surface area contributed by atoms with E-state index in [1.54, 1.807) is 0 Å². The van der Waals surface area contributed by atoms with Gasteiger partial charge in [0.1, 0.15) is 0 Å². The number of hydrogen-bond donors (Lipinski definition) is 0. The molecule has 1 nitrogen and oxygen atoms in total. The van der Waals surface area contributed by atoms with Crippen LogP contribution in [-0.4, -0.2) is 10.4 Å². The Balaban J connectivity index is 0.000000741. The first-order chi connectivity index (χ1) is 8.98. The summed E-state index contributed by atoms with van der Waals surface area (Å²) in [6.45, 7) is 18.7. The molecule has 0 amide bonds. The standard InChI is InChI=1S/C14H17N.2C2H6/c1-11-9-12-7-5-6-8-13(12)10-15(11)14(2,3)4;2*1-2/h5-10H,1H2,2-4H3;2*1-2H3. The van der Waals surface area contributed by atoms with E-state index >= 15 is 0 Å². The molecular formula is C18H29N. The molecule has 0 aromatic heterocycles. The van der Waals surface area contributed by atoms with Crippen molar-refractivity contribution in [1.29, 1.82) is 0 Å². The lowest BCUT2D eigenvalue weighted by Crippen LogP contribution is -2.42. The molecule has 1 aromatic rings. The van der Waals surface area contributed by atoms with Gasteiger partial charge in [-0.2, -0.15) is 0 Å². The van der Waals surface area contributed by atoms with Gasteiger partial charge in [-0.15, -0.1) is 0 Å². The summed E-state index contributed by atoms with van der Waals surface area (Å²) in [6, 6.07) is 8.38. The molecule has 0 aliphatic carbocycles. The highest BCUT2D eigenvalue weighted by atomic mass is 15.2. The molecule has 0 saturated heterocycles. The molecule has 0 fully saturated rings. The molecule has 0 atom stereocenters. The predicted octanol–water partition coefficient (Wildman–Crippen LogP) is 3.89. The van der Waals surface area contributed by atoms with E-state index in [2.05, 4.69) is 68.8 Å². The maximum absolute atomic E-state index is 4.10. The van der Waals surface area contributed by atoms with Crippen LogP contribution >= 0.6 is 0 Å². The van der Waals surface area contributed by atoms with Crippen molar-refractivity contribution in [2.24, 2.45) is 0 Å². The lowest BCUT2D eigenvalue weighted by atomic mass is 10.0. The summed E-state index contributed by atoms with van der Waals surface area (Å²) in [7, 11) is 0. The Morgan fingerprint density at radius 3 is 1.84 bits per heavy atom. The fourth-order valence-corrected chi connectivity index (χ4v) is 1.86. The topological polar surface area (TPSA) is 3.24 Å². The van der Waals surface area contributed by atoms with Gasteiger partial charge in [-0.25, -0.2) is 0 Å². The summed E-state index contributed by atoms with van der Waals surface area (Å²) >= 11 is 0. The van der Waals surface area contributed by atoms with Crippen LogP contribution in [0.2, 0.25) is 0 Å². The van der Waals surface area contributed by atoms with Crippen LogP contribution < -0.4 is 10.4 Å². The highest BCUT2D eigenvalue weighted by Crippen LogP contribution is 2.20. The summed E-state index contributed by atoms with van der Waals surface area (Å²) in [5.74, 6) is 0. The molecule has 19 heavy (non-hydrogen) atoms. The fourth-order valence-electron chi connectivity index (χ4n) is 1.86. The Morgan fingerprint density at radius 1 is 0.895 bits per heavy atom. The average Bonchev–Trinajstić information content (AvgIpc) is 2.41. The van der Waals surface area contributed by atoms with Crippen molar-refractivity contribution in [1.82, 2.24) is 4.90 Å². The maximum atomic E-state index is 4.10. The first-order valence-corrected chi connectivity index (χ1v) is 7.25. The molecule has 1 heterocycles. The highest BCUT2D eigenvalue weighted by Gasteiger charge is 2.20. The van der Waals surface area contributed by atoms with E-state index < -0.39 is 0 Å². The summed E-state index contributed by atoms with van der Waals surface area (Å²) in [5, 5.41) is 2.52. The van der Waals surface area contributed by atoms with Crippen LogP contribution in [-0.2, 0) is 0 Å². The second-order valence-electron chi connectivity index (χ2n) is 4.93. The largest absolute Gasteiger partial charge is 0.343 e. The summed E-state index contributed by atoms with van der Waals surface area (Å²) in [4.78, 5) is 2.22. The number of nitrogens with zero attached hydrogens (tertiary/aromatic N) is 1. The lowest BCUT2D eigenvalue weighted by Gasteiger charge is -2.36. The maximum Gasteiger partial charge on any atom is 0.0361 e. The zero-order valence-electron chi connectivity index (χ0n) is 13.6. The van der Waals surface area contributed by atoms with Crippen LogP contribution in [0.25, 0.3) is 12.3 Å². The first-order valence-electron chi connectivity index (χ1n) is 7.25. The van der Waals surface area contributed by atoms with Gasteiger partial charge >= 0.3 is 0 Å². The number of fused-ring (bicyclic) bond motifs is 1. The van der Waals surface area contributed by atoms with Gasteiger partial charge in [-0.05, 0) is 37.3 Å². The number of rotatable bonds is 0. The van der Waals surface area contributed by atoms with E-state index in [4.69, 9.17) is 0 Å². The Bertz CT molecular complexity index is 503. The van der Waals surface area contributed by atoms with Crippen LogP contribution in [0, 0.1) is 0 Å². The molecule has 0 bridgehead atoms. The van der Waals surface area contributed by atoms with Crippen molar-refractivity contribution in [2.75, 3.05) is 0 Å². The van der Waals surface area contributed by atoms with Crippen LogP contribution in [0.4, 0.5) is 0 Å². The monoisotopic (exact) mass is 259 g/mol. The van der Waals surface area contributed by atoms with Crippen molar-refractivity contribution < 1.29 is 0 Å². The molecule has 1 heteroatoms. The molecule has 0 radical (unpaired) electrons. The molecule has 0 unspecified atom stereocenters. The number of hydrogen-bond acceptors (Lipinski definition) is 1. The highest BCUT2D eigenvalue weighted by molar-refractivity contribution is 5.53. The van der Waals surface area contributed by atoms with Crippen molar-refractivity contribution in [2.45, 2.75) is 54.0 Å². The third-order valence-electron chi connectivity index (χ3n) is 2.62. The minimum atomic E-state index is 0.0844. The molecule has 1 aliphatic heterocycles. The fraction of sp³-hybridized carbons (Fsp3) is 0.444. The Morgan fingerprint density at radius 2 is 1.37 bits per heavy atom. The van der Waals surface area contributed by atoms with Gasteiger partial charge in [0, 0.05) is 17.4 Å². The molecule has 0 spiro atoms. The third kappa shape index (κ3) is 4.59. The zero-order chi connectivity index (χ0) is 15.1. The van der Waals surface area contributed by atoms with E-state index in [1.807, 2.05) is 27.7 Å². The van der Waals surface area contributed by atoms with E-state index in [1.165, 1.54) is 10.4 Å². The van der Waals surface area contributed by atoms with Gasteiger partial charge < -0.3 is 4.90 Å². The Kier molecular flexibility index (Phi) is 7.21. The van der Waals surface area contributed by atoms with E-state index in [0.717, 1.165) is 5.70 Å². The third-order valence-corrected chi connectivity index (χ3v) is 2.62. The second kappa shape index (κ2) is 7.83. The van der Waals surface area contributed by atoms with Gasteiger partial charge in [0.25, 0.3) is 0 Å². The summed E-state index contributed by atoms with van der Waals surface area (Å²) in [6.07, 6.45) is 4.32. The van der Waals surface area contributed by atoms with E-state index in [-0.39, 0.29) is 5.54 Å². The molecule has 106 valence electrons. The summed E-state index contributed by atoms with van der Waals surface area (Å²) < 4.78 is 0. The number of benzene rings is 1. The van der Waals surface area contributed by atoms with Gasteiger partial charge in [-0.3, -0.25) is 0 Å². The van der Waals surface area contributed by atoms with Gasteiger partial charge in [0.2, 0.25) is 0 Å². The molecule has 1 aromatic carbocycles. The minimum Gasteiger partial charge on any atom is -0.343 e. The average molecular weight is 259 g/mol. The van der Waals surface area contributed by atoms with E-state index in [9.17, 15) is 0 Å². The molecular weight excluding hydrogens is 230 g/mol.